The highest BCUT2D eigenvalue weighted by Crippen LogP contribution is 2.31. The van der Waals surface area contributed by atoms with Gasteiger partial charge in [0.15, 0.2) is 0 Å². The third-order valence-corrected chi connectivity index (χ3v) is 3.42. The lowest BCUT2D eigenvalue weighted by atomic mass is 9.96. The number of rotatable bonds is 6. The molecule has 0 radical (unpaired) electrons. The van der Waals surface area contributed by atoms with E-state index in [1.807, 2.05) is 6.92 Å². The molecule has 0 spiro atoms. The molecular weight excluding hydrogens is 246 g/mol. The van der Waals surface area contributed by atoms with Crippen molar-refractivity contribution in [2.45, 2.75) is 26.2 Å². The molecule has 1 aromatic heterocycles. The van der Waals surface area contributed by atoms with E-state index in [0.717, 1.165) is 19.3 Å². The van der Waals surface area contributed by atoms with E-state index in [9.17, 15) is 4.79 Å². The lowest BCUT2D eigenvalue weighted by Crippen LogP contribution is -2.25. The molecule has 0 bridgehead atoms. The lowest BCUT2D eigenvalue weighted by Gasteiger charge is -2.16. The molecule has 1 aliphatic carbocycles. The number of hydrogen-bond acceptors (Lipinski definition) is 5. The Balaban J connectivity index is 1.91. The molecule has 0 amide bonds. The van der Waals surface area contributed by atoms with Crippen LogP contribution < -0.4 is 10.1 Å². The molecule has 1 aromatic rings. The molecule has 1 fully saturated rings. The molecule has 19 heavy (non-hydrogen) atoms. The van der Waals surface area contributed by atoms with Crippen LogP contribution >= 0.6 is 0 Å². The van der Waals surface area contributed by atoms with Crippen molar-refractivity contribution < 1.29 is 14.6 Å². The highest BCUT2D eigenvalue weighted by atomic mass is 16.5. The van der Waals surface area contributed by atoms with Crippen molar-refractivity contribution in [3.8, 4) is 5.88 Å². The number of hydrogen-bond donors (Lipinski definition) is 2. The van der Waals surface area contributed by atoms with E-state index >= 15 is 0 Å². The van der Waals surface area contributed by atoms with Gasteiger partial charge in [0.2, 0.25) is 11.8 Å². The van der Waals surface area contributed by atoms with Gasteiger partial charge in [-0.05, 0) is 25.7 Å². The van der Waals surface area contributed by atoms with Crippen LogP contribution in [0, 0.1) is 11.8 Å². The average Bonchev–Trinajstić information content (AvgIpc) is 2.86. The van der Waals surface area contributed by atoms with Crippen LogP contribution in [0.2, 0.25) is 0 Å². The fourth-order valence-corrected chi connectivity index (χ4v) is 2.48. The van der Waals surface area contributed by atoms with E-state index in [0.29, 0.717) is 25.0 Å². The average molecular weight is 265 g/mol. The fourth-order valence-electron chi connectivity index (χ4n) is 2.48. The van der Waals surface area contributed by atoms with E-state index in [1.165, 1.54) is 0 Å². The molecule has 0 saturated heterocycles. The van der Waals surface area contributed by atoms with Gasteiger partial charge in [-0.2, -0.15) is 4.98 Å². The molecule has 1 heterocycles. The van der Waals surface area contributed by atoms with Crippen LogP contribution in [0.4, 0.5) is 5.95 Å². The summed E-state index contributed by atoms with van der Waals surface area (Å²) in [4.78, 5) is 19.4. The van der Waals surface area contributed by atoms with Gasteiger partial charge in [-0.3, -0.25) is 4.79 Å². The minimum absolute atomic E-state index is 0.150. The van der Waals surface area contributed by atoms with Crippen LogP contribution in [0.25, 0.3) is 0 Å². The van der Waals surface area contributed by atoms with Gasteiger partial charge in [-0.1, -0.05) is 6.42 Å². The first-order valence-corrected chi connectivity index (χ1v) is 6.63. The third-order valence-electron chi connectivity index (χ3n) is 3.42. The second kappa shape index (κ2) is 6.36. The molecular formula is C13H19N3O3. The zero-order valence-electron chi connectivity index (χ0n) is 11.0. The Morgan fingerprint density at radius 2 is 2.42 bits per heavy atom. The summed E-state index contributed by atoms with van der Waals surface area (Å²) in [7, 11) is 0. The molecule has 2 rings (SSSR count). The molecule has 6 heteroatoms. The van der Waals surface area contributed by atoms with Crippen LogP contribution in [0.3, 0.4) is 0 Å². The summed E-state index contributed by atoms with van der Waals surface area (Å²) in [5.74, 6) is 0.218. The molecule has 2 N–H and O–H groups in total. The van der Waals surface area contributed by atoms with Crippen molar-refractivity contribution in [1.82, 2.24) is 9.97 Å². The van der Waals surface area contributed by atoms with E-state index in [1.54, 1.807) is 12.3 Å². The third kappa shape index (κ3) is 3.56. The second-order valence-corrected chi connectivity index (χ2v) is 4.67. The monoisotopic (exact) mass is 265 g/mol. The number of carbonyl (C=O) groups is 1. The Morgan fingerprint density at radius 3 is 3.16 bits per heavy atom. The number of ether oxygens (including phenoxy) is 1. The summed E-state index contributed by atoms with van der Waals surface area (Å²) in [5, 5.41) is 12.2. The summed E-state index contributed by atoms with van der Waals surface area (Å²) in [5.41, 5.74) is 0. The minimum atomic E-state index is -0.701. The maximum atomic E-state index is 11.1. The summed E-state index contributed by atoms with van der Waals surface area (Å²) in [6.45, 7) is 3.04. The molecule has 1 aliphatic rings. The van der Waals surface area contributed by atoms with Crippen molar-refractivity contribution in [3.63, 3.8) is 0 Å². The zero-order chi connectivity index (χ0) is 13.7. The number of carboxylic acid groups (broad SMARTS) is 1. The van der Waals surface area contributed by atoms with Gasteiger partial charge in [-0.25, -0.2) is 4.98 Å². The van der Waals surface area contributed by atoms with Crippen LogP contribution in [-0.4, -0.2) is 34.2 Å². The summed E-state index contributed by atoms with van der Waals surface area (Å²) >= 11 is 0. The van der Waals surface area contributed by atoms with Gasteiger partial charge in [0.1, 0.15) is 0 Å². The fraction of sp³-hybridized carbons (Fsp3) is 0.615. The van der Waals surface area contributed by atoms with Gasteiger partial charge in [-0.15, -0.1) is 0 Å². The maximum absolute atomic E-state index is 11.1. The Kier molecular flexibility index (Phi) is 4.54. The highest BCUT2D eigenvalue weighted by Gasteiger charge is 2.32. The summed E-state index contributed by atoms with van der Waals surface area (Å²) in [6, 6.07) is 1.70. The maximum Gasteiger partial charge on any atom is 0.306 e. The van der Waals surface area contributed by atoms with Crippen LogP contribution in [0.1, 0.15) is 26.2 Å². The van der Waals surface area contributed by atoms with Crippen molar-refractivity contribution >= 4 is 11.9 Å². The van der Waals surface area contributed by atoms with Crippen molar-refractivity contribution in [2.24, 2.45) is 11.8 Å². The lowest BCUT2D eigenvalue weighted by molar-refractivity contribution is -0.142. The van der Waals surface area contributed by atoms with Crippen LogP contribution in [-0.2, 0) is 4.79 Å². The molecule has 0 aromatic carbocycles. The minimum Gasteiger partial charge on any atom is -0.481 e. The molecule has 0 aliphatic heterocycles. The van der Waals surface area contributed by atoms with E-state index in [-0.39, 0.29) is 11.8 Å². The van der Waals surface area contributed by atoms with E-state index < -0.39 is 5.97 Å². The van der Waals surface area contributed by atoms with Crippen LogP contribution in [0.5, 0.6) is 5.88 Å². The van der Waals surface area contributed by atoms with Gasteiger partial charge in [0.05, 0.1) is 12.5 Å². The molecule has 6 nitrogen and oxygen atoms in total. The van der Waals surface area contributed by atoms with Gasteiger partial charge in [0, 0.05) is 18.8 Å². The topological polar surface area (TPSA) is 84.3 Å². The van der Waals surface area contributed by atoms with E-state index in [4.69, 9.17) is 9.84 Å². The zero-order valence-corrected chi connectivity index (χ0v) is 11.0. The van der Waals surface area contributed by atoms with Crippen molar-refractivity contribution in [2.75, 3.05) is 18.5 Å². The smallest absolute Gasteiger partial charge is 0.306 e. The SMILES string of the molecule is CCOc1ccnc(NCC2CCCC2C(=O)O)n1. The quantitative estimate of drug-likeness (QED) is 0.815. The highest BCUT2D eigenvalue weighted by molar-refractivity contribution is 5.70. The van der Waals surface area contributed by atoms with E-state index in [2.05, 4.69) is 15.3 Å². The Morgan fingerprint density at radius 1 is 1.58 bits per heavy atom. The van der Waals surface area contributed by atoms with Crippen molar-refractivity contribution in [3.05, 3.63) is 12.3 Å². The first-order chi connectivity index (χ1) is 9.20. The van der Waals surface area contributed by atoms with Gasteiger partial charge < -0.3 is 15.2 Å². The van der Waals surface area contributed by atoms with Gasteiger partial charge >= 0.3 is 5.97 Å². The molecule has 2 atom stereocenters. The largest absolute Gasteiger partial charge is 0.481 e. The van der Waals surface area contributed by atoms with Gasteiger partial charge in [0.25, 0.3) is 0 Å². The number of anilines is 1. The Bertz CT molecular complexity index is 439. The first kappa shape index (κ1) is 13.6. The summed E-state index contributed by atoms with van der Waals surface area (Å²) in [6.07, 6.45) is 4.31. The number of nitrogens with one attached hydrogen (secondary N) is 1. The van der Waals surface area contributed by atoms with Crippen LogP contribution in [0.15, 0.2) is 12.3 Å². The Hall–Kier alpha value is -1.85. The standard InChI is InChI=1S/C13H19N3O3/c1-2-19-11-6-7-14-13(16-11)15-8-9-4-3-5-10(9)12(17)18/h6-7,9-10H,2-5,8H2,1H3,(H,17,18)(H,14,15,16). The number of aliphatic carboxylic acids is 1. The first-order valence-electron chi connectivity index (χ1n) is 6.63. The Labute approximate surface area is 112 Å². The number of aromatic nitrogens is 2. The number of carboxylic acids is 1. The molecule has 104 valence electrons. The molecule has 2 unspecified atom stereocenters. The predicted octanol–water partition coefficient (Wildman–Crippen LogP) is 1.79. The summed E-state index contributed by atoms with van der Waals surface area (Å²) < 4.78 is 5.29. The second-order valence-electron chi connectivity index (χ2n) is 4.67. The normalized spacial score (nSPS) is 22.2. The predicted molar refractivity (Wildman–Crippen MR) is 70.2 cm³/mol. The molecule has 1 saturated carbocycles. The van der Waals surface area contributed by atoms with Crippen molar-refractivity contribution in [1.29, 1.82) is 0 Å². The number of nitrogens with zero attached hydrogens (tertiary/aromatic N) is 2.